The molecule has 106 valence electrons. The molecule has 3 aromatic rings. The Morgan fingerprint density at radius 2 is 1.90 bits per heavy atom. The maximum atomic E-state index is 12.5. The van der Waals surface area contributed by atoms with Crippen molar-refractivity contribution in [1.29, 1.82) is 0 Å². The molecule has 3 rings (SSSR count). The molecule has 1 N–H and O–H groups in total. The Balaban J connectivity index is 1.97. The van der Waals surface area contributed by atoms with Gasteiger partial charge >= 0.3 is 0 Å². The number of carbonyl (C=O) groups excluding carboxylic acids is 1. The van der Waals surface area contributed by atoms with Gasteiger partial charge in [0.25, 0.3) is 5.91 Å². The number of hydrogen-bond donors (Lipinski definition) is 1. The lowest BCUT2D eigenvalue weighted by Gasteiger charge is -2.06. The quantitative estimate of drug-likeness (QED) is 0.676. The largest absolute Gasteiger partial charge is 0.321 e. The summed E-state index contributed by atoms with van der Waals surface area (Å²) in [6.07, 6.45) is 1.88. The Bertz CT molecular complexity index is 821. The molecule has 0 bridgehead atoms. The lowest BCUT2D eigenvalue weighted by molar-refractivity contribution is 0.102. The van der Waals surface area contributed by atoms with E-state index in [2.05, 4.69) is 32.9 Å². The number of aromatic nitrogens is 2. The molecule has 0 saturated heterocycles. The number of pyridine rings is 1. The number of anilines is 1. The molecule has 0 fully saturated rings. The Kier molecular flexibility index (Phi) is 3.67. The van der Waals surface area contributed by atoms with Crippen LogP contribution < -0.4 is 5.32 Å². The number of hydrogen-bond acceptors (Lipinski definition) is 2. The lowest BCUT2D eigenvalue weighted by atomic mass is 10.2. The first-order valence-corrected chi connectivity index (χ1v) is 7.65. The first-order chi connectivity index (χ1) is 10.0. The normalized spacial score (nSPS) is 10.8. The molecule has 1 amide bonds. The fourth-order valence-electron chi connectivity index (χ4n) is 2.26. The van der Waals surface area contributed by atoms with Crippen molar-refractivity contribution in [2.24, 2.45) is 0 Å². The van der Waals surface area contributed by atoms with Crippen LogP contribution in [0, 0.1) is 17.4 Å². The maximum Gasteiger partial charge on any atom is 0.274 e. The van der Waals surface area contributed by atoms with Crippen LogP contribution >= 0.6 is 22.6 Å². The lowest BCUT2D eigenvalue weighted by Crippen LogP contribution is -2.15. The topological polar surface area (TPSA) is 46.4 Å². The molecule has 21 heavy (non-hydrogen) atoms. The van der Waals surface area contributed by atoms with E-state index in [4.69, 9.17) is 0 Å². The summed E-state index contributed by atoms with van der Waals surface area (Å²) in [7, 11) is 0. The number of rotatable bonds is 2. The smallest absolute Gasteiger partial charge is 0.274 e. The second-order valence-corrected chi connectivity index (χ2v) is 6.18. The van der Waals surface area contributed by atoms with Gasteiger partial charge in [-0.25, -0.2) is 4.98 Å². The summed E-state index contributed by atoms with van der Waals surface area (Å²) < 4.78 is 2.96. The summed E-state index contributed by atoms with van der Waals surface area (Å²) in [5.41, 5.74) is 3.99. The number of carbonyl (C=O) groups is 1. The van der Waals surface area contributed by atoms with Gasteiger partial charge in [0.05, 0.1) is 5.69 Å². The number of fused-ring (bicyclic) bond motifs is 1. The van der Waals surface area contributed by atoms with Gasteiger partial charge in [0, 0.05) is 15.5 Å². The minimum atomic E-state index is -0.148. The molecule has 5 heteroatoms. The minimum absolute atomic E-state index is 0.148. The molecule has 0 spiro atoms. The van der Waals surface area contributed by atoms with E-state index < -0.39 is 0 Å². The zero-order valence-corrected chi connectivity index (χ0v) is 13.9. The predicted molar refractivity (Wildman–Crippen MR) is 91.8 cm³/mol. The van der Waals surface area contributed by atoms with Gasteiger partial charge in [-0.2, -0.15) is 0 Å². The van der Waals surface area contributed by atoms with Crippen LogP contribution in [0.2, 0.25) is 0 Å². The summed E-state index contributed by atoms with van der Waals surface area (Å²) in [5.74, 6) is -0.148. The minimum Gasteiger partial charge on any atom is -0.321 e. The molecule has 0 radical (unpaired) electrons. The monoisotopic (exact) mass is 391 g/mol. The van der Waals surface area contributed by atoms with Crippen molar-refractivity contribution in [3.05, 3.63) is 63.1 Å². The molecule has 0 atom stereocenters. The number of aryl methyl sites for hydroxylation is 2. The van der Waals surface area contributed by atoms with Gasteiger partial charge in [-0.05, 0) is 78.4 Å². The number of benzene rings is 1. The third-order valence-electron chi connectivity index (χ3n) is 3.27. The van der Waals surface area contributed by atoms with Crippen LogP contribution in [-0.2, 0) is 0 Å². The van der Waals surface area contributed by atoms with Crippen molar-refractivity contribution >= 4 is 39.8 Å². The third kappa shape index (κ3) is 2.78. The third-order valence-corrected chi connectivity index (χ3v) is 3.99. The number of amides is 1. The van der Waals surface area contributed by atoms with E-state index in [1.165, 1.54) is 0 Å². The van der Waals surface area contributed by atoms with Gasteiger partial charge in [0.15, 0.2) is 0 Å². The fourth-order valence-corrected chi connectivity index (χ4v) is 2.62. The van der Waals surface area contributed by atoms with Crippen LogP contribution in [-0.4, -0.2) is 15.3 Å². The van der Waals surface area contributed by atoms with E-state index in [-0.39, 0.29) is 5.91 Å². The van der Waals surface area contributed by atoms with Crippen molar-refractivity contribution in [2.75, 3.05) is 5.32 Å². The Morgan fingerprint density at radius 1 is 1.19 bits per heavy atom. The highest BCUT2D eigenvalue weighted by molar-refractivity contribution is 14.1. The fraction of sp³-hybridized carbons (Fsp3) is 0.125. The molecule has 0 unspecified atom stereocenters. The average Bonchev–Trinajstić information content (AvgIpc) is 2.76. The van der Waals surface area contributed by atoms with E-state index in [1.807, 2.05) is 60.8 Å². The number of nitrogens with zero attached hydrogens (tertiary/aromatic N) is 2. The molecule has 0 aliphatic rings. The Morgan fingerprint density at radius 3 is 2.62 bits per heavy atom. The van der Waals surface area contributed by atoms with Gasteiger partial charge in [0.2, 0.25) is 0 Å². The summed E-state index contributed by atoms with van der Waals surface area (Å²) in [4.78, 5) is 17.0. The van der Waals surface area contributed by atoms with Crippen LogP contribution in [0.4, 0.5) is 5.69 Å². The summed E-state index contributed by atoms with van der Waals surface area (Å²) >= 11 is 2.23. The van der Waals surface area contributed by atoms with Crippen LogP contribution in [0.1, 0.15) is 21.7 Å². The standard InChI is InChI=1S/C16H14IN3O/c1-10-7-8-20-14(9-10)18-11(2)15(20)16(21)19-13-5-3-12(17)4-6-13/h3-9H,1-2H3,(H,19,21). The van der Waals surface area contributed by atoms with Gasteiger partial charge in [-0.1, -0.05) is 0 Å². The van der Waals surface area contributed by atoms with E-state index >= 15 is 0 Å². The van der Waals surface area contributed by atoms with Gasteiger partial charge in [0.1, 0.15) is 11.3 Å². The number of halogens is 1. The van der Waals surface area contributed by atoms with Crippen LogP contribution in [0.15, 0.2) is 42.6 Å². The first kappa shape index (κ1) is 14.1. The number of nitrogens with one attached hydrogen (secondary N) is 1. The second kappa shape index (κ2) is 5.48. The van der Waals surface area contributed by atoms with E-state index in [0.29, 0.717) is 5.69 Å². The van der Waals surface area contributed by atoms with Crippen LogP contribution in [0.3, 0.4) is 0 Å². The van der Waals surface area contributed by atoms with E-state index in [0.717, 1.165) is 26.2 Å². The molecule has 1 aromatic carbocycles. The molecule has 4 nitrogen and oxygen atoms in total. The molecular weight excluding hydrogens is 377 g/mol. The molecule has 0 aliphatic carbocycles. The molecule has 0 aliphatic heterocycles. The van der Waals surface area contributed by atoms with Crippen molar-refractivity contribution in [1.82, 2.24) is 9.38 Å². The van der Waals surface area contributed by atoms with Gasteiger partial charge < -0.3 is 5.32 Å². The van der Waals surface area contributed by atoms with Gasteiger partial charge in [-0.3, -0.25) is 9.20 Å². The molecule has 2 heterocycles. The van der Waals surface area contributed by atoms with Crippen LogP contribution in [0.5, 0.6) is 0 Å². The molecular formula is C16H14IN3O. The Labute approximate surface area is 136 Å². The van der Waals surface area contributed by atoms with Crippen molar-refractivity contribution in [2.45, 2.75) is 13.8 Å². The zero-order chi connectivity index (χ0) is 15.0. The highest BCUT2D eigenvalue weighted by Gasteiger charge is 2.16. The summed E-state index contributed by atoms with van der Waals surface area (Å²) in [6, 6.07) is 11.6. The maximum absolute atomic E-state index is 12.5. The zero-order valence-electron chi connectivity index (χ0n) is 11.7. The highest BCUT2D eigenvalue weighted by atomic mass is 127. The van der Waals surface area contributed by atoms with Crippen molar-refractivity contribution < 1.29 is 4.79 Å². The van der Waals surface area contributed by atoms with Crippen molar-refractivity contribution in [3.8, 4) is 0 Å². The Hall–Kier alpha value is -1.89. The summed E-state index contributed by atoms with van der Waals surface area (Å²) in [6.45, 7) is 3.86. The van der Waals surface area contributed by atoms with Crippen molar-refractivity contribution in [3.63, 3.8) is 0 Å². The van der Waals surface area contributed by atoms with Gasteiger partial charge in [-0.15, -0.1) is 0 Å². The highest BCUT2D eigenvalue weighted by Crippen LogP contribution is 2.17. The second-order valence-electron chi connectivity index (χ2n) is 4.94. The van der Waals surface area contributed by atoms with E-state index in [1.54, 1.807) is 0 Å². The first-order valence-electron chi connectivity index (χ1n) is 6.57. The van der Waals surface area contributed by atoms with E-state index in [9.17, 15) is 4.79 Å². The summed E-state index contributed by atoms with van der Waals surface area (Å²) in [5, 5.41) is 2.92. The van der Waals surface area contributed by atoms with Crippen LogP contribution in [0.25, 0.3) is 5.65 Å². The predicted octanol–water partition coefficient (Wildman–Crippen LogP) is 3.81. The number of imidazole rings is 1. The molecule has 0 saturated carbocycles. The SMILES string of the molecule is Cc1ccn2c(C(=O)Nc3ccc(I)cc3)c(C)nc2c1. The average molecular weight is 391 g/mol. The molecule has 2 aromatic heterocycles.